The second kappa shape index (κ2) is 8.90. The first-order valence-electron chi connectivity index (χ1n) is 7.69. The molecule has 1 aliphatic rings. The Kier molecular flexibility index (Phi) is 6.87. The first kappa shape index (κ1) is 17.8. The number of phenols is 1. The van der Waals surface area contributed by atoms with Crippen LogP contribution in [-0.2, 0) is 4.79 Å². The normalized spacial score (nSPS) is 17.7. The number of nitriles is 1. The van der Waals surface area contributed by atoms with E-state index in [2.05, 4.69) is 12.2 Å². The Morgan fingerprint density at radius 1 is 1.30 bits per heavy atom. The zero-order chi connectivity index (χ0) is 16.7. The molecule has 0 spiro atoms. The molecule has 1 atom stereocenters. The van der Waals surface area contributed by atoms with E-state index in [4.69, 9.17) is 0 Å². The van der Waals surface area contributed by atoms with E-state index in [1.165, 1.54) is 31.0 Å². The van der Waals surface area contributed by atoms with Crippen molar-refractivity contribution in [3.8, 4) is 11.8 Å². The molecular formula is C17H20N2O2S2. The number of carbonyl (C=O) groups is 1. The SMILES string of the molecule is CCCCCCSC1=C(C#N)C(=O)NC(c2ccc(O)cc2)S1. The summed E-state index contributed by atoms with van der Waals surface area (Å²) >= 11 is 3.09. The van der Waals surface area contributed by atoms with Crippen LogP contribution in [0.15, 0.2) is 34.1 Å². The van der Waals surface area contributed by atoms with E-state index in [-0.39, 0.29) is 22.6 Å². The van der Waals surface area contributed by atoms with Gasteiger partial charge in [-0.05, 0) is 29.9 Å². The van der Waals surface area contributed by atoms with Crippen LogP contribution < -0.4 is 5.32 Å². The summed E-state index contributed by atoms with van der Waals surface area (Å²) in [6.45, 7) is 2.17. The minimum atomic E-state index is -0.319. The third-order valence-corrected chi connectivity index (χ3v) is 6.10. The van der Waals surface area contributed by atoms with Crippen molar-refractivity contribution in [1.82, 2.24) is 5.32 Å². The molecule has 1 aliphatic heterocycles. The summed E-state index contributed by atoms with van der Waals surface area (Å²) in [5.74, 6) is 0.795. The quantitative estimate of drug-likeness (QED) is 0.719. The predicted molar refractivity (Wildman–Crippen MR) is 95.8 cm³/mol. The number of hydrogen-bond donors (Lipinski definition) is 2. The van der Waals surface area contributed by atoms with E-state index in [9.17, 15) is 15.2 Å². The van der Waals surface area contributed by atoms with E-state index in [1.54, 1.807) is 36.0 Å². The Balaban J connectivity index is 2.06. The minimum absolute atomic E-state index is 0.194. The molecule has 2 N–H and O–H groups in total. The summed E-state index contributed by atoms with van der Waals surface area (Å²) in [6, 6.07) is 8.80. The van der Waals surface area contributed by atoms with Crippen molar-refractivity contribution in [3.05, 3.63) is 39.6 Å². The molecule has 0 aromatic heterocycles. The molecule has 1 aromatic rings. The van der Waals surface area contributed by atoms with Gasteiger partial charge in [-0.25, -0.2) is 0 Å². The highest BCUT2D eigenvalue weighted by atomic mass is 32.2. The van der Waals surface area contributed by atoms with Crippen molar-refractivity contribution in [2.24, 2.45) is 0 Å². The van der Waals surface area contributed by atoms with Crippen molar-refractivity contribution < 1.29 is 9.90 Å². The summed E-state index contributed by atoms with van der Waals surface area (Å²) in [6.07, 6.45) is 4.68. The lowest BCUT2D eigenvalue weighted by Crippen LogP contribution is -2.31. The Hall–Kier alpha value is -1.58. The van der Waals surface area contributed by atoms with Crippen LogP contribution in [0.4, 0.5) is 0 Å². The molecule has 0 bridgehead atoms. The number of thioether (sulfide) groups is 2. The fourth-order valence-electron chi connectivity index (χ4n) is 2.18. The Morgan fingerprint density at radius 3 is 2.70 bits per heavy atom. The number of nitrogens with zero attached hydrogens (tertiary/aromatic N) is 1. The van der Waals surface area contributed by atoms with Gasteiger partial charge in [0.25, 0.3) is 5.91 Å². The van der Waals surface area contributed by atoms with Crippen LogP contribution in [0, 0.1) is 11.3 Å². The monoisotopic (exact) mass is 348 g/mol. The van der Waals surface area contributed by atoms with Crippen LogP contribution in [0.2, 0.25) is 0 Å². The number of aromatic hydroxyl groups is 1. The molecule has 1 amide bonds. The molecule has 1 heterocycles. The number of benzene rings is 1. The van der Waals surface area contributed by atoms with E-state index < -0.39 is 0 Å². The maximum Gasteiger partial charge on any atom is 0.264 e. The van der Waals surface area contributed by atoms with Crippen molar-refractivity contribution in [2.75, 3.05) is 5.75 Å². The first-order valence-corrected chi connectivity index (χ1v) is 9.56. The Morgan fingerprint density at radius 2 is 2.04 bits per heavy atom. The lowest BCUT2D eigenvalue weighted by Gasteiger charge is -2.25. The van der Waals surface area contributed by atoms with Crippen molar-refractivity contribution in [1.29, 1.82) is 5.26 Å². The van der Waals surface area contributed by atoms with Gasteiger partial charge in [0, 0.05) is 0 Å². The largest absolute Gasteiger partial charge is 0.508 e. The highest BCUT2D eigenvalue weighted by Gasteiger charge is 2.28. The van der Waals surface area contributed by atoms with E-state index in [1.807, 2.05) is 6.07 Å². The molecule has 6 heteroatoms. The number of unbranched alkanes of at least 4 members (excludes halogenated alkanes) is 3. The molecule has 0 radical (unpaired) electrons. The molecule has 4 nitrogen and oxygen atoms in total. The molecule has 23 heavy (non-hydrogen) atoms. The summed E-state index contributed by atoms with van der Waals surface area (Å²) in [5.41, 5.74) is 1.12. The van der Waals surface area contributed by atoms with Gasteiger partial charge in [0.15, 0.2) is 0 Å². The smallest absolute Gasteiger partial charge is 0.264 e. The number of hydrogen-bond acceptors (Lipinski definition) is 5. The van der Waals surface area contributed by atoms with Gasteiger partial charge in [-0.2, -0.15) is 5.26 Å². The number of rotatable bonds is 7. The van der Waals surface area contributed by atoms with Gasteiger partial charge in [-0.15, -0.1) is 11.8 Å². The standard InChI is InChI=1S/C17H20N2O2S2/c1-2-3-4-5-10-22-17-14(11-18)15(21)19-16(23-17)12-6-8-13(20)9-7-12/h6-9,16,20H,2-5,10H2,1H3,(H,19,21). The van der Waals surface area contributed by atoms with Crippen molar-refractivity contribution in [3.63, 3.8) is 0 Å². The maximum absolute atomic E-state index is 12.2. The van der Waals surface area contributed by atoms with Gasteiger partial charge in [0.05, 0.1) is 4.24 Å². The van der Waals surface area contributed by atoms with Crippen molar-refractivity contribution in [2.45, 2.75) is 38.0 Å². The minimum Gasteiger partial charge on any atom is -0.508 e. The molecule has 122 valence electrons. The van der Waals surface area contributed by atoms with Crippen LogP contribution in [-0.4, -0.2) is 16.8 Å². The fraction of sp³-hybridized carbons (Fsp3) is 0.412. The average Bonchev–Trinajstić information content (AvgIpc) is 2.55. The first-order chi connectivity index (χ1) is 11.2. The Labute approximate surface area is 145 Å². The van der Waals surface area contributed by atoms with Crippen LogP contribution in [0.1, 0.15) is 43.5 Å². The van der Waals surface area contributed by atoms with Gasteiger partial charge in [0.2, 0.25) is 0 Å². The third-order valence-electron chi connectivity index (χ3n) is 3.46. The predicted octanol–water partition coefficient (Wildman–Crippen LogP) is 4.30. The topological polar surface area (TPSA) is 73.1 Å². The van der Waals surface area contributed by atoms with Gasteiger partial charge in [-0.3, -0.25) is 4.79 Å². The van der Waals surface area contributed by atoms with Crippen LogP contribution >= 0.6 is 23.5 Å². The van der Waals surface area contributed by atoms with Crippen LogP contribution in [0.3, 0.4) is 0 Å². The highest BCUT2D eigenvalue weighted by molar-refractivity contribution is 8.22. The summed E-state index contributed by atoms with van der Waals surface area (Å²) in [7, 11) is 0. The zero-order valence-corrected chi connectivity index (χ0v) is 14.7. The summed E-state index contributed by atoms with van der Waals surface area (Å²) < 4.78 is 0.797. The number of nitrogens with one attached hydrogen (secondary N) is 1. The summed E-state index contributed by atoms with van der Waals surface area (Å²) in [5, 5.41) is 21.2. The maximum atomic E-state index is 12.2. The van der Waals surface area contributed by atoms with E-state index in [0.717, 1.165) is 22.0 Å². The van der Waals surface area contributed by atoms with Gasteiger partial charge in [-0.1, -0.05) is 50.1 Å². The molecule has 0 fully saturated rings. The van der Waals surface area contributed by atoms with E-state index in [0.29, 0.717) is 0 Å². The molecule has 2 rings (SSSR count). The molecule has 0 saturated heterocycles. The molecule has 0 saturated carbocycles. The van der Waals surface area contributed by atoms with Crippen LogP contribution in [0.25, 0.3) is 0 Å². The third kappa shape index (κ3) is 4.95. The van der Waals surface area contributed by atoms with Crippen molar-refractivity contribution >= 4 is 29.4 Å². The lowest BCUT2D eigenvalue weighted by atomic mass is 10.2. The lowest BCUT2D eigenvalue weighted by molar-refractivity contribution is -0.117. The molecular weight excluding hydrogens is 328 g/mol. The highest BCUT2D eigenvalue weighted by Crippen LogP contribution is 2.44. The Bertz CT molecular complexity index is 620. The van der Waals surface area contributed by atoms with Gasteiger partial charge < -0.3 is 10.4 Å². The second-order valence-corrected chi connectivity index (χ2v) is 7.73. The molecule has 0 aliphatic carbocycles. The second-order valence-electron chi connectivity index (χ2n) is 5.25. The fourth-order valence-corrected chi connectivity index (χ4v) is 4.73. The molecule has 1 aromatic carbocycles. The van der Waals surface area contributed by atoms with Crippen LogP contribution in [0.5, 0.6) is 5.75 Å². The van der Waals surface area contributed by atoms with Gasteiger partial charge in [0.1, 0.15) is 22.8 Å². The van der Waals surface area contributed by atoms with E-state index >= 15 is 0 Å². The zero-order valence-electron chi connectivity index (χ0n) is 13.0. The van der Waals surface area contributed by atoms with Gasteiger partial charge >= 0.3 is 0 Å². The molecule has 1 unspecified atom stereocenters. The number of phenolic OH excluding ortho intramolecular Hbond substituents is 1. The number of amides is 1. The number of carbonyl (C=O) groups excluding carboxylic acids is 1. The average molecular weight is 348 g/mol. The summed E-state index contributed by atoms with van der Waals surface area (Å²) in [4.78, 5) is 12.2.